The highest BCUT2D eigenvalue weighted by Gasteiger charge is 2.15. The van der Waals surface area contributed by atoms with Crippen molar-refractivity contribution >= 4 is 21.6 Å². The lowest BCUT2D eigenvalue weighted by Gasteiger charge is -2.09. The fourth-order valence-corrected chi connectivity index (χ4v) is 1.94. The maximum absolute atomic E-state index is 10.7. The Hall–Kier alpha value is -2.66. The average Bonchev–Trinajstić information content (AvgIpc) is 2.49. The molecule has 0 aliphatic carbocycles. The molecule has 0 unspecified atom stereocenters. The molecule has 0 fully saturated rings. The third-order valence-electron chi connectivity index (χ3n) is 2.51. The number of aromatic nitrogens is 1. The number of ether oxygens (including phenoxy) is 2. The first-order valence-electron chi connectivity index (χ1n) is 5.61. The smallest absolute Gasteiger partial charge is 0.289 e. The van der Waals surface area contributed by atoms with Gasteiger partial charge in [0.05, 0.1) is 16.5 Å². The van der Waals surface area contributed by atoms with Crippen molar-refractivity contribution < 1.29 is 14.4 Å². The van der Waals surface area contributed by atoms with Crippen molar-refractivity contribution in [3.8, 4) is 23.4 Å². The van der Waals surface area contributed by atoms with Gasteiger partial charge in [0.2, 0.25) is 5.88 Å². The van der Waals surface area contributed by atoms with E-state index in [0.717, 1.165) is 12.3 Å². The predicted molar refractivity (Wildman–Crippen MR) is 76.4 cm³/mol. The molecule has 0 aliphatic rings. The van der Waals surface area contributed by atoms with Crippen molar-refractivity contribution in [1.29, 1.82) is 5.26 Å². The molecule has 2 aromatic rings. The van der Waals surface area contributed by atoms with Crippen LogP contribution >= 0.6 is 15.9 Å². The number of nitro groups is 1. The summed E-state index contributed by atoms with van der Waals surface area (Å²) < 4.78 is 11.2. The molecule has 0 aliphatic heterocycles. The van der Waals surface area contributed by atoms with Gasteiger partial charge in [-0.3, -0.25) is 10.1 Å². The third kappa shape index (κ3) is 3.27. The number of pyridine rings is 1. The second-order valence-corrected chi connectivity index (χ2v) is 4.67. The summed E-state index contributed by atoms with van der Waals surface area (Å²) in [7, 11) is 1.54. The average molecular weight is 350 g/mol. The molecule has 0 spiro atoms. The standard InChI is InChI=1S/C13H8BrN3O4/c1-20-10-2-3-12(11(14)5-10)21-13-8(6-15)4-9(7-16-13)17(18)19/h2-5,7H,1H3. The summed E-state index contributed by atoms with van der Waals surface area (Å²) in [5.41, 5.74) is -0.292. The zero-order chi connectivity index (χ0) is 15.4. The summed E-state index contributed by atoms with van der Waals surface area (Å²) in [6, 6.07) is 7.93. The van der Waals surface area contributed by atoms with Gasteiger partial charge in [-0.25, -0.2) is 4.98 Å². The van der Waals surface area contributed by atoms with Crippen LogP contribution in [-0.2, 0) is 0 Å². The number of benzene rings is 1. The Kier molecular flexibility index (Phi) is 4.35. The first kappa shape index (κ1) is 14.7. The molecule has 1 heterocycles. The molecular formula is C13H8BrN3O4. The van der Waals surface area contributed by atoms with E-state index in [0.29, 0.717) is 16.0 Å². The van der Waals surface area contributed by atoms with Crippen LogP contribution in [0, 0.1) is 21.4 Å². The zero-order valence-corrected chi connectivity index (χ0v) is 12.3. The lowest BCUT2D eigenvalue weighted by atomic mass is 10.2. The van der Waals surface area contributed by atoms with Crippen LogP contribution in [0.3, 0.4) is 0 Å². The van der Waals surface area contributed by atoms with Crippen molar-refractivity contribution in [3.05, 3.63) is 50.6 Å². The molecule has 0 radical (unpaired) electrons. The number of nitriles is 1. The monoisotopic (exact) mass is 349 g/mol. The Morgan fingerprint density at radius 2 is 2.19 bits per heavy atom. The van der Waals surface area contributed by atoms with Crippen LogP contribution in [0.25, 0.3) is 0 Å². The minimum Gasteiger partial charge on any atom is -0.497 e. The molecule has 8 heteroatoms. The molecule has 0 saturated heterocycles. The Balaban J connectivity index is 2.36. The van der Waals surface area contributed by atoms with Gasteiger partial charge in [-0.2, -0.15) is 5.26 Å². The highest BCUT2D eigenvalue weighted by atomic mass is 79.9. The topological polar surface area (TPSA) is 98.3 Å². The highest BCUT2D eigenvalue weighted by molar-refractivity contribution is 9.10. The number of hydrogen-bond acceptors (Lipinski definition) is 6. The van der Waals surface area contributed by atoms with Gasteiger partial charge in [0.1, 0.15) is 29.3 Å². The highest BCUT2D eigenvalue weighted by Crippen LogP contribution is 2.33. The maximum atomic E-state index is 10.7. The zero-order valence-electron chi connectivity index (χ0n) is 10.7. The Morgan fingerprint density at radius 1 is 1.43 bits per heavy atom. The van der Waals surface area contributed by atoms with Gasteiger partial charge >= 0.3 is 0 Å². The van der Waals surface area contributed by atoms with Gasteiger partial charge in [-0.15, -0.1) is 0 Å². The molecule has 0 atom stereocenters. The van der Waals surface area contributed by atoms with Gasteiger partial charge in [0, 0.05) is 6.07 Å². The van der Waals surface area contributed by atoms with Gasteiger partial charge in [0.25, 0.3) is 5.69 Å². The fourth-order valence-electron chi connectivity index (χ4n) is 1.50. The van der Waals surface area contributed by atoms with E-state index >= 15 is 0 Å². The van der Waals surface area contributed by atoms with E-state index in [2.05, 4.69) is 20.9 Å². The lowest BCUT2D eigenvalue weighted by molar-refractivity contribution is -0.385. The molecule has 2 rings (SSSR count). The molecule has 1 aromatic heterocycles. The fraction of sp³-hybridized carbons (Fsp3) is 0.0769. The van der Waals surface area contributed by atoms with Gasteiger partial charge < -0.3 is 9.47 Å². The first-order chi connectivity index (χ1) is 10.0. The Morgan fingerprint density at radius 3 is 2.76 bits per heavy atom. The molecule has 0 bridgehead atoms. The Labute approximate surface area is 128 Å². The lowest BCUT2D eigenvalue weighted by Crippen LogP contribution is -1.96. The van der Waals surface area contributed by atoms with Crippen LogP contribution in [0.5, 0.6) is 17.4 Å². The molecule has 0 N–H and O–H groups in total. The number of rotatable bonds is 4. The van der Waals surface area contributed by atoms with E-state index in [-0.39, 0.29) is 17.1 Å². The Bertz CT molecular complexity index is 743. The molecule has 0 amide bonds. The molecule has 106 valence electrons. The number of hydrogen-bond donors (Lipinski definition) is 0. The minimum absolute atomic E-state index is 0.00559. The maximum Gasteiger partial charge on any atom is 0.289 e. The van der Waals surface area contributed by atoms with E-state index < -0.39 is 4.92 Å². The second-order valence-electron chi connectivity index (χ2n) is 3.81. The van der Waals surface area contributed by atoms with E-state index in [1.165, 1.54) is 7.11 Å². The van der Waals surface area contributed by atoms with E-state index in [1.807, 2.05) is 6.07 Å². The summed E-state index contributed by atoms with van der Waals surface area (Å²) in [4.78, 5) is 13.8. The summed E-state index contributed by atoms with van der Waals surface area (Å²) in [5.74, 6) is 1.04. The van der Waals surface area contributed by atoms with Crippen molar-refractivity contribution in [2.75, 3.05) is 7.11 Å². The third-order valence-corrected chi connectivity index (χ3v) is 3.13. The summed E-state index contributed by atoms with van der Waals surface area (Å²) >= 11 is 3.31. The SMILES string of the molecule is COc1ccc(Oc2ncc([N+](=O)[O-])cc2C#N)c(Br)c1. The van der Waals surface area contributed by atoms with Crippen LogP contribution in [0.1, 0.15) is 5.56 Å². The quantitative estimate of drug-likeness (QED) is 0.619. The van der Waals surface area contributed by atoms with E-state index in [4.69, 9.17) is 14.7 Å². The second kappa shape index (κ2) is 6.19. The van der Waals surface area contributed by atoms with Gasteiger partial charge in [-0.05, 0) is 34.1 Å². The molecule has 21 heavy (non-hydrogen) atoms. The van der Waals surface area contributed by atoms with Crippen LogP contribution < -0.4 is 9.47 Å². The molecular weight excluding hydrogens is 342 g/mol. The normalized spacial score (nSPS) is 9.76. The van der Waals surface area contributed by atoms with E-state index in [9.17, 15) is 10.1 Å². The molecule has 0 saturated carbocycles. The van der Waals surface area contributed by atoms with Crippen LogP contribution in [-0.4, -0.2) is 17.0 Å². The van der Waals surface area contributed by atoms with Crippen molar-refractivity contribution in [1.82, 2.24) is 4.98 Å². The van der Waals surface area contributed by atoms with Crippen LogP contribution in [0.15, 0.2) is 34.9 Å². The van der Waals surface area contributed by atoms with E-state index in [1.54, 1.807) is 18.2 Å². The number of nitrogens with zero attached hydrogens (tertiary/aromatic N) is 3. The summed E-state index contributed by atoms with van der Waals surface area (Å²) in [6.45, 7) is 0. The first-order valence-corrected chi connectivity index (χ1v) is 6.40. The largest absolute Gasteiger partial charge is 0.497 e. The molecule has 7 nitrogen and oxygen atoms in total. The van der Waals surface area contributed by atoms with Crippen molar-refractivity contribution in [2.45, 2.75) is 0 Å². The summed E-state index contributed by atoms with van der Waals surface area (Å²) in [5, 5.41) is 19.7. The minimum atomic E-state index is -0.624. The predicted octanol–water partition coefficient (Wildman–Crippen LogP) is 3.42. The van der Waals surface area contributed by atoms with Crippen molar-refractivity contribution in [3.63, 3.8) is 0 Å². The van der Waals surface area contributed by atoms with Gasteiger partial charge in [0.15, 0.2) is 0 Å². The van der Waals surface area contributed by atoms with Crippen molar-refractivity contribution in [2.24, 2.45) is 0 Å². The summed E-state index contributed by atoms with van der Waals surface area (Å²) in [6.07, 6.45) is 1.04. The molecule has 1 aromatic carbocycles. The van der Waals surface area contributed by atoms with Crippen LogP contribution in [0.4, 0.5) is 5.69 Å². The number of methoxy groups -OCH3 is 1. The van der Waals surface area contributed by atoms with Crippen LogP contribution in [0.2, 0.25) is 0 Å². The number of halogens is 1. The van der Waals surface area contributed by atoms with Gasteiger partial charge in [-0.1, -0.05) is 0 Å².